The molecule has 1 rings (SSSR count). The van der Waals surface area contributed by atoms with Gasteiger partial charge in [-0.1, -0.05) is 19.8 Å². The topological polar surface area (TPSA) is 20.2 Å². The third kappa shape index (κ3) is 0.839. The van der Waals surface area contributed by atoms with Gasteiger partial charge in [-0.15, -0.1) is 6.42 Å². The zero-order chi connectivity index (χ0) is 7.83. The van der Waals surface area contributed by atoms with Gasteiger partial charge < -0.3 is 5.11 Å². The monoisotopic (exact) mass is 138 g/mol. The number of hydrogen-bond acceptors (Lipinski definition) is 1. The van der Waals surface area contributed by atoms with Gasteiger partial charge in [-0.25, -0.2) is 0 Å². The van der Waals surface area contributed by atoms with E-state index >= 15 is 0 Å². The predicted molar refractivity (Wildman–Crippen MR) is 41.4 cm³/mol. The van der Waals surface area contributed by atoms with Crippen LogP contribution in [0.15, 0.2) is 0 Å². The van der Waals surface area contributed by atoms with Gasteiger partial charge in [0.15, 0.2) is 0 Å². The van der Waals surface area contributed by atoms with Crippen LogP contribution in [0.2, 0.25) is 0 Å². The molecule has 10 heavy (non-hydrogen) atoms. The van der Waals surface area contributed by atoms with Gasteiger partial charge in [0.1, 0.15) is 5.60 Å². The zero-order valence-corrected chi connectivity index (χ0v) is 6.65. The molecule has 1 aliphatic rings. The highest BCUT2D eigenvalue weighted by atomic mass is 16.3. The van der Waals surface area contributed by atoms with E-state index in [0.717, 1.165) is 19.3 Å². The van der Waals surface area contributed by atoms with Gasteiger partial charge in [-0.3, -0.25) is 0 Å². The maximum absolute atomic E-state index is 9.79. The number of aliphatic hydroxyl groups is 1. The molecule has 1 fully saturated rings. The molecule has 0 bridgehead atoms. The third-order valence-electron chi connectivity index (χ3n) is 2.70. The van der Waals surface area contributed by atoms with Crippen molar-refractivity contribution in [1.82, 2.24) is 0 Å². The van der Waals surface area contributed by atoms with Crippen LogP contribution in [0.1, 0.15) is 33.1 Å². The highest BCUT2D eigenvalue weighted by Gasteiger charge is 2.45. The van der Waals surface area contributed by atoms with Gasteiger partial charge in [0.05, 0.1) is 0 Å². The van der Waals surface area contributed by atoms with E-state index in [4.69, 9.17) is 6.42 Å². The molecule has 56 valence electrons. The maximum Gasteiger partial charge on any atom is 0.130 e. The van der Waals surface area contributed by atoms with E-state index in [9.17, 15) is 5.11 Å². The summed E-state index contributed by atoms with van der Waals surface area (Å²) >= 11 is 0. The molecule has 1 unspecified atom stereocenters. The Bertz CT molecular complexity index is 176. The smallest absolute Gasteiger partial charge is 0.130 e. The Labute approximate surface area is 62.4 Å². The summed E-state index contributed by atoms with van der Waals surface area (Å²) in [6.07, 6.45) is 8.09. The second-order valence-corrected chi connectivity index (χ2v) is 3.74. The van der Waals surface area contributed by atoms with E-state index in [2.05, 4.69) is 5.92 Å². The molecule has 0 aliphatic heterocycles. The Morgan fingerprint density at radius 2 is 2.00 bits per heavy atom. The van der Waals surface area contributed by atoms with Crippen molar-refractivity contribution in [3.05, 3.63) is 0 Å². The van der Waals surface area contributed by atoms with Gasteiger partial charge in [0.25, 0.3) is 0 Å². The predicted octanol–water partition coefficient (Wildman–Crippen LogP) is 1.56. The van der Waals surface area contributed by atoms with Gasteiger partial charge in [0.2, 0.25) is 0 Å². The molecule has 0 aromatic rings. The second-order valence-electron chi connectivity index (χ2n) is 3.74. The average Bonchev–Trinajstić information content (AvgIpc) is 2.10. The molecule has 1 heteroatoms. The van der Waals surface area contributed by atoms with Gasteiger partial charge >= 0.3 is 0 Å². The fourth-order valence-electron chi connectivity index (χ4n) is 1.60. The Morgan fingerprint density at radius 3 is 2.20 bits per heavy atom. The molecule has 0 amide bonds. The van der Waals surface area contributed by atoms with Crippen LogP contribution in [0.25, 0.3) is 0 Å². The van der Waals surface area contributed by atoms with Gasteiger partial charge in [-0.05, 0) is 19.3 Å². The van der Waals surface area contributed by atoms with E-state index in [1.54, 1.807) is 0 Å². The first kappa shape index (κ1) is 7.63. The molecule has 1 saturated carbocycles. The lowest BCUT2D eigenvalue weighted by Crippen LogP contribution is -2.37. The van der Waals surface area contributed by atoms with E-state index in [-0.39, 0.29) is 5.41 Å². The molecule has 0 heterocycles. The summed E-state index contributed by atoms with van der Waals surface area (Å²) in [4.78, 5) is 0. The van der Waals surface area contributed by atoms with Crippen LogP contribution in [0.4, 0.5) is 0 Å². The zero-order valence-electron chi connectivity index (χ0n) is 6.65. The minimum Gasteiger partial charge on any atom is -0.377 e. The molecule has 1 atom stereocenters. The SMILES string of the molecule is C#CC1(O)CCCC1(C)C. The van der Waals surface area contributed by atoms with Crippen molar-refractivity contribution in [3.8, 4) is 12.3 Å². The Kier molecular flexibility index (Phi) is 1.53. The lowest BCUT2D eigenvalue weighted by atomic mass is 9.78. The quantitative estimate of drug-likeness (QED) is 0.504. The van der Waals surface area contributed by atoms with E-state index < -0.39 is 5.60 Å². The van der Waals surface area contributed by atoms with Crippen LogP contribution in [-0.2, 0) is 0 Å². The number of rotatable bonds is 0. The first-order valence-electron chi connectivity index (χ1n) is 3.72. The molecule has 1 aliphatic carbocycles. The van der Waals surface area contributed by atoms with Gasteiger partial charge in [0, 0.05) is 5.41 Å². The Morgan fingerprint density at radius 1 is 1.40 bits per heavy atom. The van der Waals surface area contributed by atoms with Crippen molar-refractivity contribution >= 4 is 0 Å². The summed E-state index contributed by atoms with van der Waals surface area (Å²) in [7, 11) is 0. The van der Waals surface area contributed by atoms with Crippen molar-refractivity contribution < 1.29 is 5.11 Å². The van der Waals surface area contributed by atoms with E-state index in [1.165, 1.54) is 0 Å². The first-order chi connectivity index (χ1) is 4.52. The van der Waals surface area contributed by atoms with Crippen LogP contribution < -0.4 is 0 Å². The van der Waals surface area contributed by atoms with E-state index in [1.807, 2.05) is 13.8 Å². The molecule has 0 aromatic carbocycles. The average molecular weight is 138 g/mol. The summed E-state index contributed by atoms with van der Waals surface area (Å²) < 4.78 is 0. The molecule has 0 spiro atoms. The summed E-state index contributed by atoms with van der Waals surface area (Å²) in [6, 6.07) is 0. The second kappa shape index (κ2) is 2.00. The molecule has 0 saturated heterocycles. The Hall–Kier alpha value is -0.480. The van der Waals surface area contributed by atoms with Crippen molar-refractivity contribution in [2.45, 2.75) is 38.7 Å². The molecule has 1 N–H and O–H groups in total. The minimum atomic E-state index is -0.840. The highest BCUT2D eigenvalue weighted by molar-refractivity contribution is 5.16. The van der Waals surface area contributed by atoms with Crippen molar-refractivity contribution in [2.24, 2.45) is 5.41 Å². The lowest BCUT2D eigenvalue weighted by molar-refractivity contribution is 0.0121. The van der Waals surface area contributed by atoms with Crippen LogP contribution in [-0.4, -0.2) is 10.7 Å². The maximum atomic E-state index is 9.79. The molecular formula is C9H14O. The largest absolute Gasteiger partial charge is 0.377 e. The molecular weight excluding hydrogens is 124 g/mol. The van der Waals surface area contributed by atoms with Crippen LogP contribution >= 0.6 is 0 Å². The van der Waals surface area contributed by atoms with Crippen LogP contribution in [0.3, 0.4) is 0 Å². The van der Waals surface area contributed by atoms with Crippen molar-refractivity contribution in [2.75, 3.05) is 0 Å². The third-order valence-corrected chi connectivity index (χ3v) is 2.70. The van der Waals surface area contributed by atoms with Crippen molar-refractivity contribution in [3.63, 3.8) is 0 Å². The van der Waals surface area contributed by atoms with E-state index in [0.29, 0.717) is 0 Å². The fraction of sp³-hybridized carbons (Fsp3) is 0.778. The van der Waals surface area contributed by atoms with Crippen LogP contribution in [0, 0.1) is 17.8 Å². The number of hydrogen-bond donors (Lipinski definition) is 1. The lowest BCUT2D eigenvalue weighted by Gasteiger charge is -2.31. The van der Waals surface area contributed by atoms with Gasteiger partial charge in [-0.2, -0.15) is 0 Å². The minimum absolute atomic E-state index is 0.0816. The molecule has 0 aromatic heterocycles. The number of terminal acetylenes is 1. The van der Waals surface area contributed by atoms with Crippen molar-refractivity contribution in [1.29, 1.82) is 0 Å². The fourth-order valence-corrected chi connectivity index (χ4v) is 1.60. The molecule has 0 radical (unpaired) electrons. The standard InChI is InChI=1S/C9H14O/c1-4-9(10)7-5-6-8(9,2)3/h1,10H,5-7H2,2-3H3. The summed E-state index contributed by atoms with van der Waals surface area (Å²) in [5.41, 5.74) is -0.922. The summed E-state index contributed by atoms with van der Waals surface area (Å²) in [5.74, 6) is 2.49. The summed E-state index contributed by atoms with van der Waals surface area (Å²) in [6.45, 7) is 4.06. The normalized spacial score (nSPS) is 37.4. The first-order valence-corrected chi connectivity index (χ1v) is 3.72. The molecule has 1 nitrogen and oxygen atoms in total. The highest BCUT2D eigenvalue weighted by Crippen LogP contribution is 2.45. The summed E-state index contributed by atoms with van der Waals surface area (Å²) in [5, 5.41) is 9.79. The van der Waals surface area contributed by atoms with Crippen LogP contribution in [0.5, 0.6) is 0 Å². The Balaban J connectivity index is 2.89.